The number of aromatic nitrogens is 2. The van der Waals surface area contributed by atoms with Crippen LogP contribution < -0.4 is 17.0 Å². The third-order valence-corrected chi connectivity index (χ3v) is 5.61. The van der Waals surface area contributed by atoms with E-state index in [-0.39, 0.29) is 17.3 Å². The Morgan fingerprint density at radius 1 is 1.33 bits per heavy atom. The lowest BCUT2D eigenvalue weighted by molar-refractivity contribution is -0.671. The van der Waals surface area contributed by atoms with Crippen molar-refractivity contribution in [3.05, 3.63) is 48.5 Å². The molecular formula is C15H21ClN4O3S. The fourth-order valence-electron chi connectivity index (χ4n) is 2.35. The standard InChI is InChI=1S/C15H20N4O3S.ClH/c1-3-19(23(21,22)14-7-5-4-6-8-14)12-11-18-10-9-17(2)15(18)13-16-20;/h4-10,13H,3,11-12H2,1-2H3;1H. The van der Waals surface area contributed by atoms with E-state index in [0.29, 0.717) is 25.5 Å². The molecule has 0 fully saturated rings. The maximum absolute atomic E-state index is 12.6. The van der Waals surface area contributed by atoms with Crippen molar-refractivity contribution in [2.75, 3.05) is 13.1 Å². The van der Waals surface area contributed by atoms with Gasteiger partial charge in [0.05, 0.1) is 18.5 Å². The largest absolute Gasteiger partial charge is 1.00 e. The number of rotatable bonds is 7. The highest BCUT2D eigenvalue weighted by Gasteiger charge is 2.24. The molecule has 0 amide bonds. The Morgan fingerprint density at radius 3 is 2.58 bits per heavy atom. The summed E-state index contributed by atoms with van der Waals surface area (Å²) in [5.74, 6) is 0.681. The summed E-state index contributed by atoms with van der Waals surface area (Å²) in [7, 11) is -1.68. The number of hydrogen-bond acceptors (Lipinski definition) is 4. The second kappa shape index (κ2) is 8.81. The Hall–Kier alpha value is -1.90. The Bertz CT molecular complexity index is 775. The highest BCUT2D eigenvalue weighted by Crippen LogP contribution is 2.14. The van der Waals surface area contributed by atoms with Gasteiger partial charge in [-0.2, -0.15) is 4.31 Å². The van der Waals surface area contributed by atoms with E-state index in [0.717, 1.165) is 0 Å². The minimum atomic E-state index is -3.51. The van der Waals surface area contributed by atoms with Crippen LogP contribution in [0.25, 0.3) is 0 Å². The van der Waals surface area contributed by atoms with Crippen LogP contribution in [-0.2, 0) is 23.6 Å². The predicted octanol–water partition coefficient (Wildman–Crippen LogP) is -2.16. The van der Waals surface area contributed by atoms with Gasteiger partial charge in [-0.1, -0.05) is 30.3 Å². The normalized spacial score (nSPS) is 11.8. The molecule has 7 nitrogen and oxygen atoms in total. The summed E-state index contributed by atoms with van der Waals surface area (Å²) >= 11 is 0. The first-order chi connectivity index (χ1) is 11.0. The van der Waals surface area contributed by atoms with Gasteiger partial charge in [-0.3, -0.25) is 0 Å². The van der Waals surface area contributed by atoms with E-state index in [1.165, 1.54) is 10.5 Å². The number of oxime groups is 1. The molecule has 0 spiro atoms. The van der Waals surface area contributed by atoms with E-state index in [9.17, 15) is 8.42 Å². The number of hydrogen-bond donors (Lipinski definition) is 1. The van der Waals surface area contributed by atoms with E-state index in [4.69, 9.17) is 5.21 Å². The van der Waals surface area contributed by atoms with Crippen LogP contribution in [0.3, 0.4) is 0 Å². The number of nitrogens with zero attached hydrogens (tertiary/aromatic N) is 4. The minimum absolute atomic E-state index is 0. The molecule has 1 aromatic heterocycles. The average molecular weight is 373 g/mol. The van der Waals surface area contributed by atoms with Crippen molar-refractivity contribution in [3.63, 3.8) is 0 Å². The van der Waals surface area contributed by atoms with Gasteiger partial charge < -0.3 is 17.6 Å². The summed E-state index contributed by atoms with van der Waals surface area (Å²) in [5.41, 5.74) is 0. The first-order valence-corrected chi connectivity index (χ1v) is 8.72. The van der Waals surface area contributed by atoms with Crippen LogP contribution in [0.15, 0.2) is 52.8 Å². The van der Waals surface area contributed by atoms with Gasteiger partial charge in [0.25, 0.3) is 0 Å². The van der Waals surface area contributed by atoms with Crippen LogP contribution in [0.1, 0.15) is 12.7 Å². The maximum Gasteiger partial charge on any atom is 0.303 e. The number of imidazole rings is 1. The van der Waals surface area contributed by atoms with Crippen LogP contribution in [-0.4, -0.2) is 41.8 Å². The highest BCUT2D eigenvalue weighted by atomic mass is 35.5. The summed E-state index contributed by atoms with van der Waals surface area (Å²) in [6.45, 7) is 2.98. The Balaban J connectivity index is 0.00000288. The summed E-state index contributed by atoms with van der Waals surface area (Å²) < 4.78 is 30.4. The molecule has 0 aliphatic carbocycles. The Kier molecular flexibility index (Phi) is 7.40. The van der Waals surface area contributed by atoms with Crippen molar-refractivity contribution < 1.29 is 30.6 Å². The van der Waals surface area contributed by atoms with Crippen molar-refractivity contribution in [2.24, 2.45) is 12.2 Å². The molecule has 9 heteroatoms. The van der Waals surface area contributed by atoms with Crippen molar-refractivity contribution in [3.8, 4) is 0 Å². The van der Waals surface area contributed by atoms with Crippen LogP contribution in [0.4, 0.5) is 0 Å². The van der Waals surface area contributed by atoms with Gasteiger partial charge in [-0.05, 0) is 12.1 Å². The zero-order valence-electron chi connectivity index (χ0n) is 13.6. The van der Waals surface area contributed by atoms with E-state index in [2.05, 4.69) is 5.16 Å². The van der Waals surface area contributed by atoms with Crippen molar-refractivity contribution in [1.29, 1.82) is 0 Å². The zero-order valence-corrected chi connectivity index (χ0v) is 15.2. The fraction of sp³-hybridized carbons (Fsp3) is 0.333. The molecule has 24 heavy (non-hydrogen) atoms. The summed E-state index contributed by atoms with van der Waals surface area (Å²) in [4.78, 5) is 0.289. The quantitative estimate of drug-likeness (QED) is 0.260. The second-order valence-corrected chi connectivity index (χ2v) is 6.95. The summed E-state index contributed by atoms with van der Waals surface area (Å²) in [5, 5.41) is 11.8. The first kappa shape index (κ1) is 20.1. The monoisotopic (exact) mass is 372 g/mol. The van der Waals surface area contributed by atoms with Gasteiger partial charge in [-0.25, -0.2) is 17.6 Å². The van der Waals surface area contributed by atoms with Gasteiger partial charge in [0.15, 0.2) is 6.21 Å². The molecule has 2 rings (SSSR count). The lowest BCUT2D eigenvalue weighted by Gasteiger charge is -2.19. The Morgan fingerprint density at radius 2 is 2.00 bits per heavy atom. The SMILES string of the molecule is CCN(CCn1cc[n+](C)c1/C=N/O)S(=O)(=O)c1ccccc1.[Cl-]. The summed E-state index contributed by atoms with van der Waals surface area (Å²) in [6.07, 6.45) is 4.96. The molecule has 1 aromatic carbocycles. The van der Waals surface area contributed by atoms with Crippen LogP contribution in [0.5, 0.6) is 0 Å². The van der Waals surface area contributed by atoms with Gasteiger partial charge >= 0.3 is 5.82 Å². The number of benzene rings is 1. The molecule has 132 valence electrons. The molecule has 0 atom stereocenters. The van der Waals surface area contributed by atoms with E-state index < -0.39 is 10.0 Å². The third kappa shape index (κ3) is 4.34. The fourth-order valence-corrected chi connectivity index (χ4v) is 3.81. The highest BCUT2D eigenvalue weighted by molar-refractivity contribution is 7.89. The third-order valence-electron chi connectivity index (χ3n) is 3.62. The number of halogens is 1. The number of sulfonamides is 1. The van der Waals surface area contributed by atoms with Crippen LogP contribution in [0.2, 0.25) is 0 Å². The van der Waals surface area contributed by atoms with Gasteiger partial charge in [0, 0.05) is 6.54 Å². The molecular weight excluding hydrogens is 352 g/mol. The number of likely N-dealkylation sites (N-methyl/N-ethyl adjacent to an activating group) is 1. The lowest BCUT2D eigenvalue weighted by Crippen LogP contribution is -3.00. The van der Waals surface area contributed by atoms with E-state index in [1.807, 2.05) is 30.9 Å². The van der Waals surface area contributed by atoms with E-state index in [1.54, 1.807) is 34.9 Å². The first-order valence-electron chi connectivity index (χ1n) is 7.28. The lowest BCUT2D eigenvalue weighted by atomic mass is 10.4. The molecule has 0 aliphatic heterocycles. The second-order valence-electron chi connectivity index (χ2n) is 5.01. The van der Waals surface area contributed by atoms with Crippen molar-refractivity contribution in [2.45, 2.75) is 18.4 Å². The molecule has 1 heterocycles. The number of aryl methyl sites for hydroxylation is 1. The van der Waals surface area contributed by atoms with Gasteiger partial charge in [-0.15, -0.1) is 0 Å². The topological polar surface area (TPSA) is 78.8 Å². The zero-order chi connectivity index (χ0) is 16.9. The predicted molar refractivity (Wildman–Crippen MR) is 85.9 cm³/mol. The molecule has 1 N–H and O–H groups in total. The molecule has 0 bridgehead atoms. The van der Waals surface area contributed by atoms with E-state index >= 15 is 0 Å². The maximum atomic E-state index is 12.6. The van der Waals surface area contributed by atoms with Gasteiger partial charge in [0.2, 0.25) is 10.0 Å². The van der Waals surface area contributed by atoms with Crippen LogP contribution >= 0.6 is 0 Å². The van der Waals surface area contributed by atoms with Crippen molar-refractivity contribution in [1.82, 2.24) is 8.87 Å². The molecule has 0 radical (unpaired) electrons. The average Bonchev–Trinajstić information content (AvgIpc) is 2.90. The molecule has 0 aliphatic rings. The van der Waals surface area contributed by atoms with Crippen LogP contribution in [0, 0.1) is 0 Å². The van der Waals surface area contributed by atoms with Gasteiger partial charge in [0.1, 0.15) is 18.9 Å². The molecule has 0 saturated heterocycles. The summed E-state index contributed by atoms with van der Waals surface area (Å²) in [6, 6.07) is 8.40. The minimum Gasteiger partial charge on any atom is -1.00 e. The molecule has 2 aromatic rings. The smallest absolute Gasteiger partial charge is 0.303 e. The Labute approximate surface area is 148 Å². The van der Waals surface area contributed by atoms with Crippen molar-refractivity contribution >= 4 is 16.2 Å². The molecule has 0 saturated carbocycles. The molecule has 0 unspecified atom stereocenters.